The van der Waals surface area contributed by atoms with Gasteiger partial charge in [-0.1, -0.05) is 30.3 Å². The molecule has 3 aromatic carbocycles. The molecule has 1 amide bonds. The molecule has 0 bridgehead atoms. The maximum atomic E-state index is 13.7. The Morgan fingerprint density at radius 2 is 1.41 bits per heavy atom. The number of amides is 1. The average molecular weight is 424 g/mol. The smallest absolute Gasteiger partial charge is 0.254 e. The fraction of sp³-hybridized carbons (Fsp3) is 0.148. The third kappa shape index (κ3) is 3.85. The van der Waals surface area contributed by atoms with Gasteiger partial charge in [0.1, 0.15) is 5.75 Å². The molecule has 0 aliphatic carbocycles. The van der Waals surface area contributed by atoms with E-state index in [2.05, 4.69) is 46.4 Å². The number of aromatic amines is 2. The zero-order valence-electron chi connectivity index (χ0n) is 18.0. The van der Waals surface area contributed by atoms with Gasteiger partial charge in [0.15, 0.2) is 0 Å². The van der Waals surface area contributed by atoms with Gasteiger partial charge in [0.05, 0.1) is 6.61 Å². The van der Waals surface area contributed by atoms with Crippen molar-refractivity contribution in [3.63, 3.8) is 0 Å². The van der Waals surface area contributed by atoms with Crippen LogP contribution in [0.4, 0.5) is 0 Å². The number of fused-ring (bicyclic) bond motifs is 2. The standard InChI is InChI=1S/C27H25N3O2/c1-2-32-22-9-3-6-19(16-22)27(31)30(17-20-7-4-10-25-23(20)12-14-28-25)18-21-8-5-11-26-24(21)13-15-29-26/h3-16,28-29H,2,17-18H2,1H3. The molecule has 160 valence electrons. The molecule has 0 atom stereocenters. The summed E-state index contributed by atoms with van der Waals surface area (Å²) in [6.45, 7) is 3.52. The lowest BCUT2D eigenvalue weighted by Gasteiger charge is -2.24. The third-order valence-corrected chi connectivity index (χ3v) is 5.77. The maximum Gasteiger partial charge on any atom is 0.254 e. The average Bonchev–Trinajstić information content (AvgIpc) is 3.49. The molecule has 0 saturated carbocycles. The molecule has 5 rings (SSSR count). The minimum Gasteiger partial charge on any atom is -0.494 e. The van der Waals surface area contributed by atoms with Crippen molar-refractivity contribution in [3.8, 4) is 5.75 Å². The molecule has 2 N–H and O–H groups in total. The van der Waals surface area contributed by atoms with Crippen LogP contribution in [0.25, 0.3) is 21.8 Å². The summed E-state index contributed by atoms with van der Waals surface area (Å²) in [5.41, 5.74) is 4.99. The van der Waals surface area contributed by atoms with E-state index in [9.17, 15) is 4.79 Å². The predicted molar refractivity (Wildman–Crippen MR) is 128 cm³/mol. The SMILES string of the molecule is CCOc1cccc(C(=O)N(Cc2cccc3[nH]ccc23)Cc2cccc3[nH]ccc23)c1. The van der Waals surface area contributed by atoms with Crippen molar-refractivity contribution >= 4 is 27.7 Å². The van der Waals surface area contributed by atoms with Crippen LogP contribution in [0.5, 0.6) is 5.75 Å². The van der Waals surface area contributed by atoms with Gasteiger partial charge >= 0.3 is 0 Å². The van der Waals surface area contributed by atoms with Crippen molar-refractivity contribution in [1.29, 1.82) is 0 Å². The molecule has 0 fully saturated rings. The van der Waals surface area contributed by atoms with Gasteiger partial charge in [-0.25, -0.2) is 0 Å². The highest BCUT2D eigenvalue weighted by atomic mass is 16.5. The number of hydrogen-bond donors (Lipinski definition) is 2. The number of nitrogens with one attached hydrogen (secondary N) is 2. The number of carbonyl (C=O) groups excluding carboxylic acids is 1. The Balaban J connectivity index is 1.53. The van der Waals surface area contributed by atoms with Crippen LogP contribution in [0, 0.1) is 0 Å². The first-order chi connectivity index (χ1) is 15.7. The summed E-state index contributed by atoms with van der Waals surface area (Å²) in [4.78, 5) is 22.1. The molecule has 0 radical (unpaired) electrons. The largest absolute Gasteiger partial charge is 0.494 e. The van der Waals surface area contributed by atoms with Crippen LogP contribution in [0.3, 0.4) is 0 Å². The summed E-state index contributed by atoms with van der Waals surface area (Å²) < 4.78 is 5.63. The van der Waals surface area contributed by atoms with E-state index >= 15 is 0 Å². The number of nitrogens with zero attached hydrogens (tertiary/aromatic N) is 1. The molecule has 5 nitrogen and oxygen atoms in total. The topological polar surface area (TPSA) is 61.1 Å². The van der Waals surface area contributed by atoms with E-state index in [0.717, 1.165) is 32.9 Å². The first-order valence-electron chi connectivity index (χ1n) is 10.8. The number of rotatable bonds is 7. The Kier molecular flexibility index (Phi) is 5.38. The molecular formula is C27H25N3O2. The number of H-pyrrole nitrogens is 2. The highest BCUT2D eigenvalue weighted by Crippen LogP contribution is 2.25. The molecule has 32 heavy (non-hydrogen) atoms. The number of aromatic nitrogens is 2. The highest BCUT2D eigenvalue weighted by Gasteiger charge is 2.19. The van der Waals surface area contributed by atoms with Gasteiger partial charge in [-0.2, -0.15) is 0 Å². The van der Waals surface area contributed by atoms with Crippen molar-refractivity contribution < 1.29 is 9.53 Å². The molecule has 2 aromatic heterocycles. The summed E-state index contributed by atoms with van der Waals surface area (Å²) >= 11 is 0. The van der Waals surface area contributed by atoms with Gasteiger partial charge in [0.25, 0.3) is 5.91 Å². The van der Waals surface area contributed by atoms with E-state index in [1.807, 2.05) is 60.6 Å². The summed E-state index contributed by atoms with van der Waals surface area (Å²) in [7, 11) is 0. The number of carbonyl (C=O) groups is 1. The van der Waals surface area contributed by atoms with E-state index in [0.29, 0.717) is 31.0 Å². The molecule has 2 heterocycles. The Labute approximate surface area is 186 Å². The molecular weight excluding hydrogens is 398 g/mol. The Bertz CT molecular complexity index is 1310. The summed E-state index contributed by atoms with van der Waals surface area (Å²) in [5.74, 6) is 0.686. The second kappa shape index (κ2) is 8.63. The molecule has 0 spiro atoms. The van der Waals surface area contributed by atoms with Gasteiger partial charge in [0, 0.05) is 52.9 Å². The van der Waals surface area contributed by atoms with Gasteiger partial charge in [-0.15, -0.1) is 0 Å². The predicted octanol–water partition coefficient (Wildman–Crippen LogP) is 5.89. The van der Waals surface area contributed by atoms with Crippen molar-refractivity contribution in [2.75, 3.05) is 6.61 Å². The maximum absolute atomic E-state index is 13.7. The summed E-state index contributed by atoms with van der Waals surface area (Å²) in [6, 6.07) is 23.9. The molecule has 0 unspecified atom stereocenters. The molecule has 5 aromatic rings. The van der Waals surface area contributed by atoms with Gasteiger partial charge in [-0.3, -0.25) is 4.79 Å². The molecule has 0 saturated heterocycles. The zero-order chi connectivity index (χ0) is 21.9. The zero-order valence-corrected chi connectivity index (χ0v) is 18.0. The van der Waals surface area contributed by atoms with Crippen LogP contribution in [-0.2, 0) is 13.1 Å². The summed E-state index contributed by atoms with van der Waals surface area (Å²) in [5, 5.41) is 2.27. The lowest BCUT2D eigenvalue weighted by atomic mass is 10.1. The normalized spacial score (nSPS) is 11.2. The minimum atomic E-state index is -0.0216. The fourth-order valence-corrected chi connectivity index (χ4v) is 4.26. The van der Waals surface area contributed by atoms with E-state index in [4.69, 9.17) is 4.74 Å². The first-order valence-corrected chi connectivity index (χ1v) is 10.8. The first kappa shape index (κ1) is 19.9. The van der Waals surface area contributed by atoms with Crippen molar-refractivity contribution in [2.45, 2.75) is 20.0 Å². The lowest BCUT2D eigenvalue weighted by molar-refractivity contribution is 0.0731. The Morgan fingerprint density at radius 1 is 0.812 bits per heavy atom. The third-order valence-electron chi connectivity index (χ3n) is 5.77. The number of hydrogen-bond acceptors (Lipinski definition) is 2. The second-order valence-electron chi connectivity index (χ2n) is 7.83. The van der Waals surface area contributed by atoms with Crippen molar-refractivity contribution in [1.82, 2.24) is 14.9 Å². The highest BCUT2D eigenvalue weighted by molar-refractivity contribution is 5.95. The van der Waals surface area contributed by atoms with Crippen LogP contribution < -0.4 is 4.74 Å². The van der Waals surface area contributed by atoms with Crippen LogP contribution in [0.15, 0.2) is 85.2 Å². The van der Waals surface area contributed by atoms with Crippen LogP contribution >= 0.6 is 0 Å². The lowest BCUT2D eigenvalue weighted by Crippen LogP contribution is -2.30. The van der Waals surface area contributed by atoms with Crippen LogP contribution in [-0.4, -0.2) is 27.4 Å². The van der Waals surface area contributed by atoms with Gasteiger partial charge < -0.3 is 19.6 Å². The summed E-state index contributed by atoms with van der Waals surface area (Å²) in [6.07, 6.45) is 3.87. The van der Waals surface area contributed by atoms with E-state index in [-0.39, 0.29) is 5.91 Å². The molecule has 0 aliphatic heterocycles. The van der Waals surface area contributed by atoms with E-state index < -0.39 is 0 Å². The van der Waals surface area contributed by atoms with Crippen molar-refractivity contribution in [3.05, 3.63) is 102 Å². The van der Waals surface area contributed by atoms with E-state index in [1.54, 1.807) is 0 Å². The van der Waals surface area contributed by atoms with Gasteiger partial charge in [0.2, 0.25) is 0 Å². The number of benzene rings is 3. The molecule has 0 aliphatic rings. The van der Waals surface area contributed by atoms with E-state index in [1.165, 1.54) is 0 Å². The molecule has 5 heteroatoms. The van der Waals surface area contributed by atoms with Crippen LogP contribution in [0.2, 0.25) is 0 Å². The minimum absolute atomic E-state index is 0.0216. The Hall–Kier alpha value is -3.99. The van der Waals surface area contributed by atoms with Gasteiger partial charge in [-0.05, 0) is 60.5 Å². The van der Waals surface area contributed by atoms with Crippen LogP contribution in [0.1, 0.15) is 28.4 Å². The number of ether oxygens (including phenoxy) is 1. The monoisotopic (exact) mass is 423 g/mol. The van der Waals surface area contributed by atoms with Crippen molar-refractivity contribution in [2.24, 2.45) is 0 Å². The Morgan fingerprint density at radius 3 is 2.00 bits per heavy atom. The second-order valence-corrected chi connectivity index (χ2v) is 7.83. The fourth-order valence-electron chi connectivity index (χ4n) is 4.26. The quantitative estimate of drug-likeness (QED) is 0.343.